The maximum atomic E-state index is 12.0. The third-order valence-electron chi connectivity index (χ3n) is 3.29. The first-order chi connectivity index (χ1) is 9.71. The molecule has 0 saturated heterocycles. The summed E-state index contributed by atoms with van der Waals surface area (Å²) >= 11 is 0. The van der Waals surface area contributed by atoms with Crippen LogP contribution in [0.1, 0.15) is 26.7 Å². The van der Waals surface area contributed by atoms with Crippen LogP contribution in [0.4, 0.5) is 0 Å². The summed E-state index contributed by atoms with van der Waals surface area (Å²) in [5, 5.41) is 11.4. The van der Waals surface area contributed by atoms with Crippen molar-refractivity contribution in [2.24, 2.45) is 0 Å². The summed E-state index contributed by atoms with van der Waals surface area (Å²) in [6.07, 6.45) is -0.0698. The van der Waals surface area contributed by atoms with Crippen LogP contribution in [0.3, 0.4) is 0 Å². The molecule has 0 fully saturated rings. The van der Waals surface area contributed by atoms with E-state index in [2.05, 4.69) is 5.32 Å². The Morgan fingerprint density at radius 3 is 2.29 bits per heavy atom. The topological polar surface area (TPSA) is 101 Å². The molecule has 21 heavy (non-hydrogen) atoms. The van der Waals surface area contributed by atoms with Gasteiger partial charge in [0.2, 0.25) is 5.91 Å². The lowest BCUT2D eigenvalue weighted by Gasteiger charge is -2.24. The number of carboxylic acid groups (broad SMARTS) is 1. The van der Waals surface area contributed by atoms with E-state index in [-0.39, 0.29) is 23.5 Å². The molecule has 1 aromatic carbocycles. The molecule has 0 radical (unpaired) electrons. The van der Waals surface area contributed by atoms with Crippen LogP contribution in [0.15, 0.2) is 35.2 Å². The Morgan fingerprint density at radius 2 is 1.81 bits per heavy atom. The second-order valence-electron chi connectivity index (χ2n) is 4.92. The molecule has 1 amide bonds. The van der Waals surface area contributed by atoms with Gasteiger partial charge in [0.15, 0.2) is 9.84 Å². The highest BCUT2D eigenvalue weighted by Gasteiger charge is 2.32. The molecule has 0 aliphatic rings. The average Bonchev–Trinajstić information content (AvgIpc) is 2.46. The monoisotopic (exact) mass is 313 g/mol. The summed E-state index contributed by atoms with van der Waals surface area (Å²) in [6.45, 7) is 3.02. The van der Waals surface area contributed by atoms with E-state index >= 15 is 0 Å². The molecule has 1 unspecified atom stereocenters. The van der Waals surface area contributed by atoms with Crippen molar-refractivity contribution < 1.29 is 23.1 Å². The van der Waals surface area contributed by atoms with Gasteiger partial charge in [-0.1, -0.05) is 25.1 Å². The van der Waals surface area contributed by atoms with Crippen LogP contribution >= 0.6 is 0 Å². The fourth-order valence-corrected chi connectivity index (χ4v) is 2.90. The van der Waals surface area contributed by atoms with Crippen LogP contribution in [-0.4, -0.2) is 36.7 Å². The fraction of sp³-hybridized carbons (Fsp3) is 0.429. The molecule has 6 nitrogen and oxygen atoms in total. The maximum Gasteiger partial charge on any atom is 0.329 e. The number of carbonyl (C=O) groups excluding carboxylic acids is 1. The SMILES string of the molecule is CCC(C)(NC(=O)CCS(=O)(=O)c1ccccc1)C(=O)O. The van der Waals surface area contributed by atoms with Crippen molar-refractivity contribution in [1.29, 1.82) is 0 Å². The van der Waals surface area contributed by atoms with Crippen LogP contribution in [0, 0.1) is 0 Å². The first-order valence-electron chi connectivity index (χ1n) is 6.53. The molecule has 1 atom stereocenters. The van der Waals surface area contributed by atoms with E-state index < -0.39 is 27.3 Å². The van der Waals surface area contributed by atoms with Gasteiger partial charge in [-0.15, -0.1) is 0 Å². The van der Waals surface area contributed by atoms with Crippen LogP contribution in [0.25, 0.3) is 0 Å². The molecule has 2 N–H and O–H groups in total. The minimum Gasteiger partial charge on any atom is -0.480 e. The van der Waals surface area contributed by atoms with Crippen LogP contribution in [0.5, 0.6) is 0 Å². The molecule has 1 aromatic rings. The van der Waals surface area contributed by atoms with E-state index in [9.17, 15) is 18.0 Å². The number of carbonyl (C=O) groups is 2. The van der Waals surface area contributed by atoms with Crippen LogP contribution in [0.2, 0.25) is 0 Å². The van der Waals surface area contributed by atoms with Gasteiger partial charge < -0.3 is 10.4 Å². The molecule has 0 bridgehead atoms. The quantitative estimate of drug-likeness (QED) is 0.788. The van der Waals surface area contributed by atoms with Gasteiger partial charge in [0.05, 0.1) is 10.6 Å². The lowest BCUT2D eigenvalue weighted by atomic mass is 9.99. The first kappa shape index (κ1) is 17.2. The Balaban J connectivity index is 2.68. The van der Waals surface area contributed by atoms with Gasteiger partial charge in [-0.05, 0) is 25.5 Å². The maximum absolute atomic E-state index is 12.0. The van der Waals surface area contributed by atoms with Gasteiger partial charge >= 0.3 is 5.97 Å². The van der Waals surface area contributed by atoms with Gasteiger partial charge in [0.25, 0.3) is 0 Å². The zero-order valence-electron chi connectivity index (χ0n) is 12.0. The lowest BCUT2D eigenvalue weighted by molar-refractivity contribution is -0.146. The number of hydrogen-bond donors (Lipinski definition) is 2. The molecule has 1 rings (SSSR count). The highest BCUT2D eigenvalue weighted by atomic mass is 32.2. The molecule has 0 heterocycles. The van der Waals surface area contributed by atoms with E-state index in [1.807, 2.05) is 0 Å². The van der Waals surface area contributed by atoms with Crippen molar-refractivity contribution in [3.05, 3.63) is 30.3 Å². The van der Waals surface area contributed by atoms with Crippen molar-refractivity contribution in [1.82, 2.24) is 5.32 Å². The number of benzene rings is 1. The zero-order valence-corrected chi connectivity index (χ0v) is 12.8. The zero-order chi connectivity index (χ0) is 16.1. The highest BCUT2D eigenvalue weighted by Crippen LogP contribution is 2.13. The van der Waals surface area contributed by atoms with Gasteiger partial charge in [0.1, 0.15) is 5.54 Å². The fourth-order valence-electron chi connectivity index (χ4n) is 1.64. The molecule has 0 spiro atoms. The third kappa shape index (κ3) is 4.56. The van der Waals surface area contributed by atoms with Crippen molar-refractivity contribution in [3.63, 3.8) is 0 Å². The van der Waals surface area contributed by atoms with Gasteiger partial charge in [-0.3, -0.25) is 4.79 Å². The number of rotatable bonds is 7. The van der Waals surface area contributed by atoms with E-state index in [1.165, 1.54) is 19.1 Å². The number of amides is 1. The lowest BCUT2D eigenvalue weighted by Crippen LogP contribution is -2.51. The van der Waals surface area contributed by atoms with Gasteiger partial charge in [0, 0.05) is 6.42 Å². The highest BCUT2D eigenvalue weighted by molar-refractivity contribution is 7.91. The van der Waals surface area contributed by atoms with E-state index in [0.717, 1.165) is 0 Å². The third-order valence-corrected chi connectivity index (χ3v) is 5.03. The standard InChI is InChI=1S/C14H19NO5S/c1-3-14(2,13(17)18)15-12(16)9-10-21(19,20)11-7-5-4-6-8-11/h4-8H,3,9-10H2,1-2H3,(H,15,16)(H,17,18). The summed E-state index contributed by atoms with van der Waals surface area (Å²) in [7, 11) is -3.55. The summed E-state index contributed by atoms with van der Waals surface area (Å²) in [5.74, 6) is -2.10. The van der Waals surface area contributed by atoms with Crippen LogP contribution in [-0.2, 0) is 19.4 Å². The Bertz CT molecular complexity index is 612. The summed E-state index contributed by atoms with van der Waals surface area (Å²) < 4.78 is 24.0. The Hall–Kier alpha value is -1.89. The van der Waals surface area contributed by atoms with E-state index in [1.54, 1.807) is 25.1 Å². The van der Waals surface area contributed by atoms with E-state index in [0.29, 0.717) is 0 Å². The minimum atomic E-state index is -3.55. The number of nitrogens with one attached hydrogen (secondary N) is 1. The molecule has 116 valence electrons. The molecular weight excluding hydrogens is 294 g/mol. The van der Waals surface area contributed by atoms with Gasteiger partial charge in [-0.2, -0.15) is 0 Å². The molecule has 7 heteroatoms. The van der Waals surface area contributed by atoms with Crippen molar-refractivity contribution in [3.8, 4) is 0 Å². The first-order valence-corrected chi connectivity index (χ1v) is 8.19. The predicted octanol–water partition coefficient (Wildman–Crippen LogP) is 1.22. The van der Waals surface area contributed by atoms with Crippen molar-refractivity contribution >= 4 is 21.7 Å². The summed E-state index contributed by atoms with van der Waals surface area (Å²) in [4.78, 5) is 23.0. The van der Waals surface area contributed by atoms with Crippen molar-refractivity contribution in [2.75, 3.05) is 5.75 Å². The number of sulfone groups is 1. The number of aliphatic carboxylic acids is 1. The van der Waals surface area contributed by atoms with E-state index in [4.69, 9.17) is 5.11 Å². The Labute approximate surface area is 124 Å². The molecular formula is C14H19NO5S. The van der Waals surface area contributed by atoms with Crippen LogP contribution < -0.4 is 5.32 Å². The number of hydrogen-bond acceptors (Lipinski definition) is 4. The second-order valence-corrected chi connectivity index (χ2v) is 7.03. The van der Waals surface area contributed by atoms with Gasteiger partial charge in [-0.25, -0.2) is 13.2 Å². The number of carboxylic acids is 1. The second kappa shape index (κ2) is 6.71. The predicted molar refractivity (Wildman–Crippen MR) is 77.6 cm³/mol. The average molecular weight is 313 g/mol. The smallest absolute Gasteiger partial charge is 0.329 e. The largest absolute Gasteiger partial charge is 0.480 e. The molecule has 0 aliphatic heterocycles. The Kier molecular flexibility index (Phi) is 5.48. The Morgan fingerprint density at radius 1 is 1.24 bits per heavy atom. The molecule has 0 aliphatic carbocycles. The molecule has 0 aromatic heterocycles. The minimum absolute atomic E-state index is 0.147. The summed E-state index contributed by atoms with van der Waals surface area (Å²) in [5.41, 5.74) is -1.38. The normalized spacial score (nSPS) is 14.2. The van der Waals surface area contributed by atoms with Crippen molar-refractivity contribution in [2.45, 2.75) is 37.1 Å². The molecule has 0 saturated carbocycles. The summed E-state index contributed by atoms with van der Waals surface area (Å²) in [6, 6.07) is 7.82.